The summed E-state index contributed by atoms with van der Waals surface area (Å²) in [5.41, 5.74) is 0.200. The largest absolute Gasteiger partial charge is 0.476 e. The number of carbonyl (C=O) groups is 1. The van der Waals surface area contributed by atoms with Crippen LogP contribution in [0.15, 0.2) is 23.1 Å². The van der Waals surface area contributed by atoms with Crippen molar-refractivity contribution in [3.63, 3.8) is 0 Å². The number of aromatic nitrogens is 3. The van der Waals surface area contributed by atoms with Gasteiger partial charge in [0.2, 0.25) is 11.8 Å². The highest BCUT2D eigenvalue weighted by molar-refractivity contribution is 5.86. The van der Waals surface area contributed by atoms with Crippen LogP contribution in [0.4, 0.5) is 0 Å². The lowest BCUT2D eigenvalue weighted by Gasteiger charge is -2.10. The Morgan fingerprint density at radius 3 is 2.83 bits per heavy atom. The SMILES string of the molecule is Cc1nc(O[C@@H](C)c2ncco2)cnc1C(=O)O. The molecule has 0 unspecified atom stereocenters. The lowest BCUT2D eigenvalue weighted by Crippen LogP contribution is -2.09. The summed E-state index contributed by atoms with van der Waals surface area (Å²) in [6.45, 7) is 3.30. The van der Waals surface area contributed by atoms with Crippen LogP contribution < -0.4 is 4.74 Å². The van der Waals surface area contributed by atoms with Crippen LogP contribution in [-0.2, 0) is 0 Å². The molecular weight excluding hydrogens is 238 g/mol. The van der Waals surface area contributed by atoms with E-state index >= 15 is 0 Å². The number of hydrogen-bond acceptors (Lipinski definition) is 6. The molecule has 0 saturated carbocycles. The Balaban J connectivity index is 2.15. The van der Waals surface area contributed by atoms with Gasteiger partial charge in [-0.2, -0.15) is 0 Å². The van der Waals surface area contributed by atoms with Gasteiger partial charge in [0.1, 0.15) is 6.26 Å². The number of carboxylic acid groups (broad SMARTS) is 1. The van der Waals surface area contributed by atoms with Gasteiger partial charge >= 0.3 is 5.97 Å². The maximum Gasteiger partial charge on any atom is 0.356 e. The monoisotopic (exact) mass is 249 g/mol. The van der Waals surface area contributed by atoms with Crippen LogP contribution in [0.5, 0.6) is 5.88 Å². The molecule has 18 heavy (non-hydrogen) atoms. The Labute approximate surface area is 102 Å². The number of aryl methyl sites for hydroxylation is 1. The van der Waals surface area contributed by atoms with Crippen molar-refractivity contribution in [3.8, 4) is 5.88 Å². The van der Waals surface area contributed by atoms with E-state index in [-0.39, 0.29) is 11.6 Å². The van der Waals surface area contributed by atoms with Gasteiger partial charge in [0.05, 0.1) is 18.1 Å². The van der Waals surface area contributed by atoms with Crippen molar-refractivity contribution < 1.29 is 19.1 Å². The summed E-state index contributed by atoms with van der Waals surface area (Å²) in [6.07, 6.45) is 3.79. The minimum absolute atomic E-state index is 0.0915. The molecule has 0 fully saturated rings. The summed E-state index contributed by atoms with van der Waals surface area (Å²) in [7, 11) is 0. The zero-order chi connectivity index (χ0) is 13.1. The first kappa shape index (κ1) is 12.0. The van der Waals surface area contributed by atoms with Gasteiger partial charge in [-0.25, -0.2) is 19.7 Å². The fraction of sp³-hybridized carbons (Fsp3) is 0.273. The number of rotatable bonds is 4. The Kier molecular flexibility index (Phi) is 3.22. The van der Waals surface area contributed by atoms with Gasteiger partial charge in [0.25, 0.3) is 0 Å². The Morgan fingerprint density at radius 2 is 2.28 bits per heavy atom. The number of ether oxygens (including phenoxy) is 1. The molecule has 0 aliphatic carbocycles. The highest BCUT2D eigenvalue weighted by Crippen LogP contribution is 2.18. The van der Waals surface area contributed by atoms with Crippen molar-refractivity contribution in [1.82, 2.24) is 15.0 Å². The molecule has 2 aromatic rings. The normalized spacial score (nSPS) is 12.1. The van der Waals surface area contributed by atoms with E-state index in [1.165, 1.54) is 18.7 Å². The summed E-state index contributed by atoms with van der Waals surface area (Å²) < 4.78 is 10.5. The molecular formula is C11H11N3O4. The van der Waals surface area contributed by atoms with E-state index in [0.29, 0.717) is 11.6 Å². The van der Waals surface area contributed by atoms with Crippen LogP contribution in [0.2, 0.25) is 0 Å². The van der Waals surface area contributed by atoms with E-state index in [2.05, 4.69) is 15.0 Å². The third kappa shape index (κ3) is 2.45. The lowest BCUT2D eigenvalue weighted by atomic mass is 10.3. The molecule has 1 N–H and O–H groups in total. The Morgan fingerprint density at radius 1 is 1.50 bits per heavy atom. The lowest BCUT2D eigenvalue weighted by molar-refractivity contribution is 0.0688. The fourth-order valence-corrected chi connectivity index (χ4v) is 1.39. The summed E-state index contributed by atoms with van der Waals surface area (Å²) in [5, 5.41) is 8.82. The third-order valence-electron chi connectivity index (χ3n) is 2.22. The van der Waals surface area contributed by atoms with Crippen molar-refractivity contribution in [3.05, 3.63) is 35.9 Å². The number of carboxylic acids is 1. The summed E-state index contributed by atoms with van der Waals surface area (Å²) in [5.74, 6) is -0.479. The molecule has 7 nitrogen and oxygen atoms in total. The third-order valence-corrected chi connectivity index (χ3v) is 2.22. The minimum Gasteiger partial charge on any atom is -0.476 e. The smallest absolute Gasteiger partial charge is 0.356 e. The van der Waals surface area contributed by atoms with Gasteiger partial charge in [0.15, 0.2) is 11.8 Å². The van der Waals surface area contributed by atoms with Crippen LogP contribution >= 0.6 is 0 Å². The molecule has 2 heterocycles. The van der Waals surface area contributed by atoms with Crippen LogP contribution in [0.1, 0.15) is 35.1 Å². The maximum absolute atomic E-state index is 10.8. The second kappa shape index (κ2) is 4.82. The molecule has 0 aromatic carbocycles. The minimum atomic E-state index is -1.12. The van der Waals surface area contributed by atoms with Crippen molar-refractivity contribution in [2.24, 2.45) is 0 Å². The highest BCUT2D eigenvalue weighted by Gasteiger charge is 2.15. The molecule has 2 aromatic heterocycles. The predicted octanol–water partition coefficient (Wildman–Crippen LogP) is 1.61. The topological polar surface area (TPSA) is 98.3 Å². The van der Waals surface area contributed by atoms with Crippen molar-refractivity contribution in [1.29, 1.82) is 0 Å². The molecule has 0 radical (unpaired) electrons. The van der Waals surface area contributed by atoms with Crippen LogP contribution in [0.3, 0.4) is 0 Å². The van der Waals surface area contributed by atoms with E-state index in [1.54, 1.807) is 13.8 Å². The maximum atomic E-state index is 10.8. The van der Waals surface area contributed by atoms with E-state index < -0.39 is 12.1 Å². The fourth-order valence-electron chi connectivity index (χ4n) is 1.39. The van der Waals surface area contributed by atoms with Crippen molar-refractivity contribution in [2.45, 2.75) is 20.0 Å². The number of hydrogen-bond donors (Lipinski definition) is 1. The van der Waals surface area contributed by atoms with Crippen molar-refractivity contribution in [2.75, 3.05) is 0 Å². The molecule has 0 amide bonds. The van der Waals surface area contributed by atoms with Crippen LogP contribution in [-0.4, -0.2) is 26.0 Å². The standard InChI is InChI=1S/C11H11N3O4/c1-6-9(11(15)16)13-5-8(14-6)18-7(2)10-12-3-4-17-10/h3-5,7H,1-2H3,(H,15,16)/t7-/m0/s1. The molecule has 0 bridgehead atoms. The summed E-state index contributed by atoms with van der Waals surface area (Å²) >= 11 is 0. The van der Waals surface area contributed by atoms with Gasteiger partial charge in [-0.05, 0) is 13.8 Å². The summed E-state index contributed by atoms with van der Waals surface area (Å²) in [4.78, 5) is 22.5. The average Bonchev–Trinajstić information content (AvgIpc) is 2.81. The average molecular weight is 249 g/mol. The van der Waals surface area contributed by atoms with Crippen molar-refractivity contribution >= 4 is 5.97 Å². The second-order valence-corrected chi connectivity index (χ2v) is 3.58. The van der Waals surface area contributed by atoms with E-state index in [4.69, 9.17) is 14.3 Å². The zero-order valence-electron chi connectivity index (χ0n) is 9.82. The van der Waals surface area contributed by atoms with Crippen LogP contribution in [0.25, 0.3) is 0 Å². The predicted molar refractivity (Wildman–Crippen MR) is 59.3 cm³/mol. The van der Waals surface area contributed by atoms with E-state index in [9.17, 15) is 4.79 Å². The number of oxazole rings is 1. The van der Waals surface area contributed by atoms with Gasteiger partial charge in [-0.3, -0.25) is 0 Å². The van der Waals surface area contributed by atoms with Gasteiger partial charge < -0.3 is 14.3 Å². The van der Waals surface area contributed by atoms with E-state index in [0.717, 1.165) is 0 Å². The zero-order valence-corrected chi connectivity index (χ0v) is 9.82. The second-order valence-electron chi connectivity index (χ2n) is 3.58. The molecule has 0 aliphatic rings. The van der Waals surface area contributed by atoms with E-state index in [1.807, 2.05) is 0 Å². The molecule has 0 spiro atoms. The Bertz CT molecular complexity index is 553. The number of aromatic carboxylic acids is 1. The molecule has 7 heteroatoms. The summed E-state index contributed by atoms with van der Waals surface area (Å²) in [6, 6.07) is 0. The van der Waals surface area contributed by atoms with Crippen LogP contribution in [0, 0.1) is 6.92 Å². The highest BCUT2D eigenvalue weighted by atomic mass is 16.5. The first-order chi connectivity index (χ1) is 8.58. The Hall–Kier alpha value is -2.44. The van der Waals surface area contributed by atoms with Gasteiger partial charge in [-0.1, -0.05) is 0 Å². The first-order valence-corrected chi connectivity index (χ1v) is 5.21. The molecule has 0 saturated heterocycles. The molecule has 94 valence electrons. The molecule has 1 atom stereocenters. The quantitative estimate of drug-likeness (QED) is 0.878. The first-order valence-electron chi connectivity index (χ1n) is 5.21. The molecule has 2 rings (SSSR count). The number of nitrogens with zero attached hydrogens (tertiary/aromatic N) is 3. The van der Waals surface area contributed by atoms with Gasteiger partial charge in [-0.15, -0.1) is 0 Å². The molecule has 0 aliphatic heterocycles. The van der Waals surface area contributed by atoms with Gasteiger partial charge in [0, 0.05) is 0 Å².